The first-order valence-electron chi connectivity index (χ1n) is 9.49. The van der Waals surface area contributed by atoms with Crippen molar-refractivity contribution < 1.29 is 4.74 Å². The molecule has 0 bridgehead atoms. The maximum atomic E-state index is 5.35. The third-order valence-corrected chi connectivity index (χ3v) is 5.39. The summed E-state index contributed by atoms with van der Waals surface area (Å²) in [6.07, 6.45) is 4.05. The van der Waals surface area contributed by atoms with Crippen LogP contribution in [0.4, 0.5) is 11.4 Å². The van der Waals surface area contributed by atoms with E-state index in [4.69, 9.17) is 4.74 Å². The standard InChI is InChI=1S/C22H28N2O.ClH/c1-25-14-13-24(21-5-3-2-4-6-21)22-10-9-19-11-12-23(16-18-7-8-18)17-20(19)15-22;/h2-6,9-10,15,18H,7-8,11-14,16-17H2,1H3;1H. The molecular formula is C22H29ClN2O. The second-order valence-electron chi connectivity index (χ2n) is 7.36. The fraction of sp³-hybridized carbons (Fsp3) is 0.455. The van der Waals surface area contributed by atoms with Crippen LogP contribution in [0.3, 0.4) is 0 Å². The largest absolute Gasteiger partial charge is 0.383 e. The van der Waals surface area contributed by atoms with Crippen molar-refractivity contribution in [1.82, 2.24) is 4.90 Å². The lowest BCUT2D eigenvalue weighted by Crippen LogP contribution is -2.32. The van der Waals surface area contributed by atoms with Crippen molar-refractivity contribution in [2.24, 2.45) is 5.92 Å². The molecule has 0 unspecified atom stereocenters. The molecule has 3 nitrogen and oxygen atoms in total. The zero-order valence-electron chi connectivity index (χ0n) is 15.6. The quantitative estimate of drug-likeness (QED) is 0.702. The molecular weight excluding hydrogens is 344 g/mol. The molecule has 1 aliphatic carbocycles. The number of hydrogen-bond acceptors (Lipinski definition) is 3. The highest BCUT2D eigenvalue weighted by molar-refractivity contribution is 5.85. The van der Waals surface area contributed by atoms with Crippen LogP contribution in [0.15, 0.2) is 48.5 Å². The first-order chi connectivity index (χ1) is 12.3. The molecule has 0 N–H and O–H groups in total. The molecule has 140 valence electrons. The van der Waals surface area contributed by atoms with Crippen LogP contribution in [0.5, 0.6) is 0 Å². The van der Waals surface area contributed by atoms with Gasteiger partial charge in [-0.25, -0.2) is 0 Å². The predicted octanol–water partition coefficient (Wildman–Crippen LogP) is 4.66. The van der Waals surface area contributed by atoms with Crippen molar-refractivity contribution in [3.63, 3.8) is 0 Å². The molecule has 1 fully saturated rings. The van der Waals surface area contributed by atoms with Gasteiger partial charge in [-0.3, -0.25) is 4.90 Å². The molecule has 2 aromatic rings. The maximum Gasteiger partial charge on any atom is 0.0642 e. The van der Waals surface area contributed by atoms with Crippen LogP contribution in [-0.2, 0) is 17.7 Å². The van der Waals surface area contributed by atoms with Gasteiger partial charge in [-0.1, -0.05) is 24.3 Å². The van der Waals surface area contributed by atoms with Crippen LogP contribution < -0.4 is 4.90 Å². The minimum Gasteiger partial charge on any atom is -0.383 e. The summed E-state index contributed by atoms with van der Waals surface area (Å²) in [6, 6.07) is 17.6. The van der Waals surface area contributed by atoms with Gasteiger partial charge < -0.3 is 9.64 Å². The number of halogens is 1. The van der Waals surface area contributed by atoms with Crippen LogP contribution in [0.1, 0.15) is 24.0 Å². The Morgan fingerprint density at radius 1 is 1.04 bits per heavy atom. The molecule has 1 heterocycles. The lowest BCUT2D eigenvalue weighted by molar-refractivity contribution is 0.207. The molecule has 0 atom stereocenters. The molecule has 0 radical (unpaired) electrons. The van der Waals surface area contributed by atoms with Gasteiger partial charge in [0.25, 0.3) is 0 Å². The topological polar surface area (TPSA) is 15.7 Å². The van der Waals surface area contributed by atoms with Gasteiger partial charge in [-0.2, -0.15) is 0 Å². The Balaban J connectivity index is 0.00000196. The van der Waals surface area contributed by atoms with Crippen molar-refractivity contribution in [1.29, 1.82) is 0 Å². The summed E-state index contributed by atoms with van der Waals surface area (Å²) in [5, 5.41) is 0. The first kappa shape index (κ1) is 19.2. The Bertz CT molecular complexity index is 703. The van der Waals surface area contributed by atoms with E-state index < -0.39 is 0 Å². The van der Waals surface area contributed by atoms with E-state index in [0.717, 1.165) is 25.6 Å². The number of ether oxygens (including phenoxy) is 1. The Hall–Kier alpha value is -1.55. The Morgan fingerprint density at radius 2 is 1.85 bits per heavy atom. The van der Waals surface area contributed by atoms with Gasteiger partial charge in [0.1, 0.15) is 0 Å². The fourth-order valence-electron chi connectivity index (χ4n) is 3.79. The number of hydrogen-bond donors (Lipinski definition) is 0. The average molecular weight is 373 g/mol. The third-order valence-electron chi connectivity index (χ3n) is 5.39. The Labute approximate surface area is 163 Å². The van der Waals surface area contributed by atoms with Gasteiger partial charge >= 0.3 is 0 Å². The van der Waals surface area contributed by atoms with E-state index in [0.29, 0.717) is 0 Å². The van der Waals surface area contributed by atoms with Gasteiger partial charge in [0.05, 0.1) is 6.61 Å². The highest BCUT2D eigenvalue weighted by atomic mass is 35.5. The maximum absolute atomic E-state index is 5.35. The molecule has 2 aliphatic rings. The SMILES string of the molecule is COCCN(c1ccccc1)c1ccc2c(c1)CN(CC1CC1)CC2.Cl. The zero-order chi connectivity index (χ0) is 17.1. The minimum atomic E-state index is 0. The summed E-state index contributed by atoms with van der Waals surface area (Å²) < 4.78 is 5.35. The number of rotatable bonds is 7. The van der Waals surface area contributed by atoms with E-state index >= 15 is 0 Å². The van der Waals surface area contributed by atoms with Crippen molar-refractivity contribution in [3.8, 4) is 0 Å². The Kier molecular flexibility index (Phi) is 6.58. The summed E-state index contributed by atoms with van der Waals surface area (Å²) in [5.74, 6) is 0.965. The van der Waals surface area contributed by atoms with E-state index in [9.17, 15) is 0 Å². The number of fused-ring (bicyclic) bond motifs is 1. The smallest absolute Gasteiger partial charge is 0.0642 e. The van der Waals surface area contributed by atoms with Crippen LogP contribution in [0.2, 0.25) is 0 Å². The number of nitrogens with zero attached hydrogens (tertiary/aromatic N) is 2. The third kappa shape index (κ3) is 4.59. The summed E-state index contributed by atoms with van der Waals surface area (Å²) in [4.78, 5) is 5.01. The van der Waals surface area contributed by atoms with Crippen LogP contribution in [0.25, 0.3) is 0 Å². The molecule has 0 amide bonds. The van der Waals surface area contributed by atoms with Crippen molar-refractivity contribution >= 4 is 23.8 Å². The van der Waals surface area contributed by atoms with Gasteiger partial charge in [0.15, 0.2) is 0 Å². The zero-order valence-corrected chi connectivity index (χ0v) is 16.4. The van der Waals surface area contributed by atoms with E-state index in [-0.39, 0.29) is 12.4 Å². The molecule has 4 rings (SSSR count). The normalized spacial score (nSPS) is 16.7. The van der Waals surface area contributed by atoms with Gasteiger partial charge in [-0.05, 0) is 60.6 Å². The molecule has 0 aromatic heterocycles. The molecule has 4 heteroatoms. The summed E-state index contributed by atoms with van der Waals surface area (Å²) in [5.41, 5.74) is 5.53. The number of benzene rings is 2. The minimum absolute atomic E-state index is 0. The van der Waals surface area contributed by atoms with Crippen LogP contribution in [0, 0.1) is 5.92 Å². The second kappa shape index (κ2) is 8.90. The predicted molar refractivity (Wildman–Crippen MR) is 111 cm³/mol. The fourth-order valence-corrected chi connectivity index (χ4v) is 3.79. The molecule has 0 saturated heterocycles. The van der Waals surface area contributed by atoms with Gasteiger partial charge in [0, 0.05) is 44.7 Å². The second-order valence-corrected chi connectivity index (χ2v) is 7.36. The molecule has 1 saturated carbocycles. The molecule has 26 heavy (non-hydrogen) atoms. The van der Waals surface area contributed by atoms with E-state index in [1.165, 1.54) is 54.9 Å². The van der Waals surface area contributed by atoms with Crippen molar-refractivity contribution in [2.45, 2.75) is 25.8 Å². The van der Waals surface area contributed by atoms with Gasteiger partial charge in [-0.15, -0.1) is 12.4 Å². The van der Waals surface area contributed by atoms with Crippen LogP contribution in [-0.4, -0.2) is 38.3 Å². The van der Waals surface area contributed by atoms with Crippen LogP contribution >= 0.6 is 12.4 Å². The average Bonchev–Trinajstić information content (AvgIpc) is 3.47. The highest BCUT2D eigenvalue weighted by Crippen LogP contribution is 2.33. The monoisotopic (exact) mass is 372 g/mol. The molecule has 2 aromatic carbocycles. The number of anilines is 2. The molecule has 1 aliphatic heterocycles. The van der Waals surface area contributed by atoms with E-state index in [1.54, 1.807) is 7.11 Å². The van der Waals surface area contributed by atoms with Crippen molar-refractivity contribution in [3.05, 3.63) is 59.7 Å². The van der Waals surface area contributed by atoms with Gasteiger partial charge in [0.2, 0.25) is 0 Å². The summed E-state index contributed by atoms with van der Waals surface area (Å²) >= 11 is 0. The first-order valence-corrected chi connectivity index (χ1v) is 9.49. The number of para-hydroxylation sites is 1. The lowest BCUT2D eigenvalue weighted by atomic mass is 9.98. The lowest BCUT2D eigenvalue weighted by Gasteiger charge is -2.31. The van der Waals surface area contributed by atoms with E-state index in [2.05, 4.69) is 58.3 Å². The molecule has 0 spiro atoms. The number of methoxy groups -OCH3 is 1. The Morgan fingerprint density at radius 3 is 2.58 bits per heavy atom. The van der Waals surface area contributed by atoms with Crippen molar-refractivity contribution in [2.75, 3.05) is 38.3 Å². The summed E-state index contributed by atoms with van der Waals surface area (Å²) in [6.45, 7) is 5.20. The summed E-state index contributed by atoms with van der Waals surface area (Å²) in [7, 11) is 1.77. The highest BCUT2D eigenvalue weighted by Gasteiger charge is 2.26. The van der Waals surface area contributed by atoms with E-state index in [1.807, 2.05) is 0 Å².